The number of aliphatic hydroxyl groups is 1. The molecule has 0 amide bonds. The lowest BCUT2D eigenvalue weighted by Crippen LogP contribution is -2.47. The number of hydrogen-bond acceptors (Lipinski definition) is 6. The maximum absolute atomic E-state index is 13.9. The van der Waals surface area contributed by atoms with Crippen molar-refractivity contribution in [3.8, 4) is 16.9 Å². The molecule has 1 aliphatic heterocycles. The molecule has 7 rings (SSSR count). The maximum atomic E-state index is 13.9. The minimum absolute atomic E-state index is 0.00502. The van der Waals surface area contributed by atoms with E-state index in [0.29, 0.717) is 73.3 Å². The van der Waals surface area contributed by atoms with Crippen molar-refractivity contribution in [2.45, 2.75) is 65.1 Å². The lowest BCUT2D eigenvalue weighted by molar-refractivity contribution is -0.769. The molecule has 0 bridgehead atoms. The molecule has 1 aliphatic rings. The number of aromatic amines is 1. The van der Waals surface area contributed by atoms with Crippen LogP contribution in [0.15, 0.2) is 48.5 Å². The zero-order valence-electron chi connectivity index (χ0n) is 29.2. The number of rotatable bonds is 11. The largest absolute Gasteiger partial charge is 0.507 e. The zero-order chi connectivity index (χ0) is 36.0. The fourth-order valence-electron chi connectivity index (χ4n) is 7.74. The van der Waals surface area contributed by atoms with E-state index in [9.17, 15) is 19.4 Å². The number of aryl methyl sites for hydroxylation is 7. The van der Waals surface area contributed by atoms with Gasteiger partial charge in [0.25, 0.3) is 0 Å². The Kier molecular flexibility index (Phi) is 9.62. The molecule has 12 heteroatoms. The van der Waals surface area contributed by atoms with Crippen molar-refractivity contribution in [1.29, 1.82) is 0 Å². The molecular weight excluding hydrogens is 673 g/mol. The fraction of sp³-hybridized carbons (Fsp3) is 0.359. The molecule has 1 atom stereocenters. The van der Waals surface area contributed by atoms with Crippen molar-refractivity contribution < 1.29 is 33.6 Å². The van der Waals surface area contributed by atoms with Crippen molar-refractivity contribution in [3.05, 3.63) is 99.0 Å². The number of ether oxygens (including phenoxy) is 2. The van der Waals surface area contributed by atoms with E-state index in [2.05, 4.69) is 15.8 Å². The van der Waals surface area contributed by atoms with Crippen LogP contribution in [0.1, 0.15) is 63.3 Å². The van der Waals surface area contributed by atoms with Crippen LogP contribution in [0, 0.1) is 19.7 Å². The number of aromatic hydroxyl groups is 1. The first-order valence-corrected chi connectivity index (χ1v) is 17.6. The normalized spacial score (nSPS) is 14.5. The average Bonchev–Trinajstić information content (AvgIpc) is 3.74. The topological polar surface area (TPSA) is 118 Å². The van der Waals surface area contributed by atoms with Crippen LogP contribution in [0.3, 0.4) is 0 Å². The summed E-state index contributed by atoms with van der Waals surface area (Å²) < 4.78 is 31.4. The van der Waals surface area contributed by atoms with Crippen molar-refractivity contribution in [2.75, 3.05) is 20.3 Å². The minimum atomic E-state index is -0.437. The summed E-state index contributed by atoms with van der Waals surface area (Å²) in [6.45, 7) is 5.61. The van der Waals surface area contributed by atoms with Gasteiger partial charge in [0.15, 0.2) is 6.54 Å². The first kappa shape index (κ1) is 34.7. The van der Waals surface area contributed by atoms with E-state index in [1.54, 1.807) is 12.1 Å². The number of carbonyl (C=O) groups excluding carboxylic acids is 1. The smallest absolute Gasteiger partial charge is 0.354 e. The number of nitrogens with zero attached hydrogens (tertiary/aromatic N) is 4. The van der Waals surface area contributed by atoms with Gasteiger partial charge < -0.3 is 24.3 Å². The first-order chi connectivity index (χ1) is 24.6. The summed E-state index contributed by atoms with van der Waals surface area (Å²) in [5, 5.41) is 31.2. The number of aliphatic hydroxyl groups excluding tert-OH is 1. The molecule has 4 heterocycles. The summed E-state index contributed by atoms with van der Waals surface area (Å²) >= 11 is 7.05. The lowest BCUT2D eigenvalue weighted by atomic mass is 9.93. The highest BCUT2D eigenvalue weighted by molar-refractivity contribution is 6.35. The Morgan fingerprint density at radius 2 is 1.96 bits per heavy atom. The molecule has 3 N–H and O–H groups in total. The number of benzene rings is 3. The SMILES string of the molecule is COC(=O)c1c(C)c2c(-c3c(C)[nH][n+]4c3C(CCc3cc(CCc5cc(O)c6ccc(F)cc6c5)n(C)n3)OCC4)c(Cl)ccc2n1CCCO. The second kappa shape index (κ2) is 14.1. The Morgan fingerprint density at radius 1 is 1.14 bits per heavy atom. The molecule has 0 spiro atoms. The van der Waals surface area contributed by atoms with E-state index in [4.69, 9.17) is 26.2 Å². The quantitative estimate of drug-likeness (QED) is 0.103. The summed E-state index contributed by atoms with van der Waals surface area (Å²) in [6.07, 6.45) is 2.98. The number of nitrogens with one attached hydrogen (secondary N) is 1. The number of carbonyl (C=O) groups is 1. The van der Waals surface area contributed by atoms with Crippen LogP contribution >= 0.6 is 11.6 Å². The van der Waals surface area contributed by atoms with E-state index in [1.165, 1.54) is 19.2 Å². The Bertz CT molecular complexity index is 2290. The number of esters is 1. The third kappa shape index (κ3) is 6.39. The van der Waals surface area contributed by atoms with Crippen LogP contribution in [0.5, 0.6) is 5.75 Å². The minimum Gasteiger partial charge on any atom is -0.507 e. The lowest BCUT2D eigenvalue weighted by Gasteiger charge is -2.19. The maximum Gasteiger partial charge on any atom is 0.354 e. The number of methoxy groups -OCH3 is 1. The summed E-state index contributed by atoms with van der Waals surface area (Å²) in [7, 11) is 3.31. The van der Waals surface area contributed by atoms with Gasteiger partial charge in [0.05, 0.1) is 24.1 Å². The van der Waals surface area contributed by atoms with Crippen molar-refractivity contribution >= 4 is 39.2 Å². The molecule has 51 heavy (non-hydrogen) atoms. The highest BCUT2D eigenvalue weighted by atomic mass is 35.5. The highest BCUT2D eigenvalue weighted by Gasteiger charge is 2.38. The number of hydrogen-bond donors (Lipinski definition) is 3. The third-order valence-electron chi connectivity index (χ3n) is 10.1. The van der Waals surface area contributed by atoms with Gasteiger partial charge in [-0.3, -0.25) is 4.68 Å². The van der Waals surface area contributed by atoms with Gasteiger partial charge in [-0.2, -0.15) is 10.2 Å². The number of phenols is 1. The predicted octanol–water partition coefficient (Wildman–Crippen LogP) is 6.58. The Hall–Kier alpha value is -4.71. The molecule has 3 aromatic carbocycles. The van der Waals surface area contributed by atoms with Crippen LogP contribution in [-0.4, -0.2) is 56.0 Å². The Balaban J connectivity index is 1.17. The van der Waals surface area contributed by atoms with Gasteiger partial charge >= 0.3 is 5.97 Å². The summed E-state index contributed by atoms with van der Waals surface area (Å²) in [6, 6.07) is 14.0. The molecule has 3 aromatic heterocycles. The molecule has 0 saturated carbocycles. The molecule has 6 aromatic rings. The van der Waals surface area contributed by atoms with E-state index in [0.717, 1.165) is 55.9 Å². The second-order valence-electron chi connectivity index (χ2n) is 13.3. The van der Waals surface area contributed by atoms with Crippen LogP contribution in [0.4, 0.5) is 4.39 Å². The number of H-pyrrole nitrogens is 1. The molecule has 266 valence electrons. The Labute approximate surface area is 300 Å². The molecule has 0 radical (unpaired) electrons. The van der Waals surface area contributed by atoms with Gasteiger partial charge in [0.2, 0.25) is 5.69 Å². The monoisotopic (exact) mass is 714 g/mol. The fourth-order valence-corrected chi connectivity index (χ4v) is 7.99. The number of fused-ring (bicyclic) bond motifs is 3. The van der Waals surface area contributed by atoms with Gasteiger partial charge in [-0.15, -0.1) is 4.68 Å². The number of aromatic nitrogens is 5. The zero-order valence-corrected chi connectivity index (χ0v) is 30.0. The molecule has 0 aliphatic carbocycles. The van der Waals surface area contributed by atoms with Crippen molar-refractivity contribution in [3.63, 3.8) is 0 Å². The average molecular weight is 715 g/mol. The van der Waals surface area contributed by atoms with E-state index < -0.39 is 5.97 Å². The molecule has 10 nitrogen and oxygen atoms in total. The van der Waals surface area contributed by atoms with E-state index >= 15 is 0 Å². The van der Waals surface area contributed by atoms with Gasteiger partial charge in [0.1, 0.15) is 30.0 Å². The van der Waals surface area contributed by atoms with Crippen LogP contribution in [0.2, 0.25) is 5.02 Å². The van der Waals surface area contributed by atoms with Crippen LogP contribution in [-0.2, 0) is 48.9 Å². The van der Waals surface area contributed by atoms with E-state index in [-0.39, 0.29) is 24.3 Å². The van der Waals surface area contributed by atoms with Crippen molar-refractivity contribution in [2.24, 2.45) is 7.05 Å². The van der Waals surface area contributed by atoms with Crippen LogP contribution in [0.25, 0.3) is 32.8 Å². The number of phenolic OH excluding ortho intramolecular Hbond substituents is 1. The van der Waals surface area contributed by atoms with Crippen molar-refractivity contribution in [1.82, 2.24) is 19.4 Å². The highest BCUT2D eigenvalue weighted by Crippen LogP contribution is 2.44. The number of halogens is 2. The first-order valence-electron chi connectivity index (χ1n) is 17.3. The van der Waals surface area contributed by atoms with Gasteiger partial charge in [0, 0.05) is 52.8 Å². The van der Waals surface area contributed by atoms with Gasteiger partial charge in [-0.05, 0) is 105 Å². The molecule has 1 unspecified atom stereocenters. The molecule has 0 saturated heterocycles. The third-order valence-corrected chi connectivity index (χ3v) is 10.4. The molecule has 0 fully saturated rings. The van der Waals surface area contributed by atoms with E-state index in [1.807, 2.05) is 48.3 Å². The van der Waals surface area contributed by atoms with Gasteiger partial charge in [-0.25, -0.2) is 9.18 Å². The van der Waals surface area contributed by atoms with Gasteiger partial charge in [-0.1, -0.05) is 17.7 Å². The summed E-state index contributed by atoms with van der Waals surface area (Å²) in [5.74, 6) is -0.623. The standard InChI is InChI=1S/C39H41ClFN5O5/c1-22-34-31(45(14-5-16-47)37(22)39(49)50-4)12-11-30(40)36(34)35-23(2)42-46-15-17-51-33(38(35)46)13-8-27-21-28(44(3)43-27)9-6-24-18-25-20-26(41)7-10-29(25)32(48)19-24/h7,10-12,18-21,33,47-48H,5-6,8-9,13-17H2,1-4H3/p+1. The Morgan fingerprint density at radius 3 is 2.75 bits per heavy atom. The summed E-state index contributed by atoms with van der Waals surface area (Å²) in [5.41, 5.74) is 8.73. The summed E-state index contributed by atoms with van der Waals surface area (Å²) in [4.78, 5) is 13.1. The molecular formula is C39H42ClFN5O5+. The predicted molar refractivity (Wildman–Crippen MR) is 193 cm³/mol. The van der Waals surface area contributed by atoms with Crippen LogP contribution < -0.4 is 4.68 Å². The second-order valence-corrected chi connectivity index (χ2v) is 13.7.